The highest BCUT2D eigenvalue weighted by Crippen LogP contribution is 2.39. The van der Waals surface area contributed by atoms with Gasteiger partial charge in [-0.2, -0.15) is 8.78 Å². The molecular weight excluding hydrogens is 298 g/mol. The quantitative estimate of drug-likeness (QED) is 0.772. The van der Waals surface area contributed by atoms with E-state index >= 15 is 0 Å². The molecule has 0 saturated heterocycles. The minimum absolute atomic E-state index is 0.308. The Balaban J connectivity index is 2.07. The van der Waals surface area contributed by atoms with E-state index in [0.717, 1.165) is 41.2 Å². The van der Waals surface area contributed by atoms with E-state index in [9.17, 15) is 13.6 Å². The summed E-state index contributed by atoms with van der Waals surface area (Å²) in [4.78, 5) is 11.5. The highest BCUT2D eigenvalue weighted by Gasteiger charge is 2.22. The number of anilines is 1. The largest absolute Gasteiger partial charge is 0.323 e. The van der Waals surface area contributed by atoms with Crippen LogP contribution in [0.15, 0.2) is 37.1 Å². The molecule has 1 aliphatic rings. The zero-order valence-electron chi connectivity index (χ0n) is 12.9. The Kier molecular flexibility index (Phi) is 4.46. The Morgan fingerprint density at radius 2 is 2.04 bits per heavy atom. The second-order valence-electron chi connectivity index (χ2n) is 6.03. The molecular formula is C18H20F2N2O. The molecule has 1 fully saturated rings. The molecule has 3 rings (SSSR count). The van der Waals surface area contributed by atoms with Gasteiger partial charge in [0.2, 0.25) is 5.91 Å². The van der Waals surface area contributed by atoms with Gasteiger partial charge in [0.1, 0.15) is 0 Å². The van der Waals surface area contributed by atoms with Crippen LogP contribution in [0.3, 0.4) is 0 Å². The normalized spacial score (nSPS) is 16.0. The maximum Gasteiger partial charge on any atom is 0.319 e. The first kappa shape index (κ1) is 15.7. The number of aromatic nitrogens is 1. The number of nitrogens with zero attached hydrogens (tertiary/aromatic N) is 1. The molecule has 2 aromatic rings. The van der Waals surface area contributed by atoms with Gasteiger partial charge in [-0.15, -0.1) is 0 Å². The van der Waals surface area contributed by atoms with Gasteiger partial charge in [0.25, 0.3) is 0 Å². The molecule has 1 N–H and O–H groups in total. The number of benzene rings is 1. The second kappa shape index (κ2) is 6.52. The first-order chi connectivity index (χ1) is 11.1. The number of alkyl halides is 2. The molecule has 0 spiro atoms. The van der Waals surface area contributed by atoms with Gasteiger partial charge in [-0.25, -0.2) is 0 Å². The molecule has 1 saturated carbocycles. The zero-order valence-corrected chi connectivity index (χ0v) is 12.9. The van der Waals surface area contributed by atoms with Crippen molar-refractivity contribution in [2.75, 3.05) is 5.32 Å². The highest BCUT2D eigenvalue weighted by atomic mass is 19.3. The number of rotatable bonds is 4. The van der Waals surface area contributed by atoms with Crippen LogP contribution >= 0.6 is 0 Å². The molecule has 1 heterocycles. The summed E-state index contributed by atoms with van der Waals surface area (Å²) in [5.41, 5.74) is 2.08. The van der Waals surface area contributed by atoms with Crippen LogP contribution in [0.4, 0.5) is 14.5 Å². The predicted molar refractivity (Wildman–Crippen MR) is 87.8 cm³/mol. The van der Waals surface area contributed by atoms with Crippen molar-refractivity contribution < 1.29 is 13.6 Å². The molecule has 3 nitrogen and oxygen atoms in total. The molecule has 122 valence electrons. The average molecular weight is 318 g/mol. The smallest absolute Gasteiger partial charge is 0.319 e. The predicted octanol–water partition coefficient (Wildman–Crippen LogP) is 5.21. The molecule has 0 atom stereocenters. The van der Waals surface area contributed by atoms with Crippen molar-refractivity contribution in [1.29, 1.82) is 0 Å². The summed E-state index contributed by atoms with van der Waals surface area (Å²) in [6, 6.07) is 5.08. The minimum Gasteiger partial charge on any atom is -0.323 e. The van der Waals surface area contributed by atoms with Crippen molar-refractivity contribution >= 4 is 22.5 Å². The Morgan fingerprint density at radius 3 is 2.70 bits per heavy atom. The topological polar surface area (TPSA) is 34.0 Å². The number of hydrogen-bond donors (Lipinski definition) is 1. The van der Waals surface area contributed by atoms with Gasteiger partial charge < -0.3 is 5.32 Å². The van der Waals surface area contributed by atoms with Crippen LogP contribution in [0.25, 0.3) is 10.9 Å². The van der Waals surface area contributed by atoms with E-state index in [1.807, 2.05) is 0 Å². The first-order valence-electron chi connectivity index (χ1n) is 7.96. The zero-order chi connectivity index (χ0) is 16.4. The number of hydrogen-bond acceptors (Lipinski definition) is 1. The molecule has 0 radical (unpaired) electrons. The average Bonchev–Trinajstić information content (AvgIpc) is 2.94. The Morgan fingerprint density at radius 1 is 1.30 bits per heavy atom. The Labute approximate surface area is 134 Å². The van der Waals surface area contributed by atoms with E-state index in [-0.39, 0.29) is 5.91 Å². The SMILES string of the molecule is C=CC(=O)Nc1ccc2c(c1)c(C1CCCCC1)cn2C(F)F. The van der Waals surface area contributed by atoms with Crippen LogP contribution in [0, 0.1) is 0 Å². The molecule has 1 aromatic carbocycles. The molecule has 0 unspecified atom stereocenters. The van der Waals surface area contributed by atoms with Crippen molar-refractivity contribution in [3.05, 3.63) is 42.6 Å². The van der Waals surface area contributed by atoms with Crippen LogP contribution in [0.1, 0.15) is 50.1 Å². The Hall–Kier alpha value is -2.17. The van der Waals surface area contributed by atoms with Crippen LogP contribution in [0.5, 0.6) is 0 Å². The van der Waals surface area contributed by atoms with Crippen molar-refractivity contribution in [3.8, 4) is 0 Å². The number of nitrogens with one attached hydrogen (secondary N) is 1. The fourth-order valence-electron chi connectivity index (χ4n) is 3.45. The van der Waals surface area contributed by atoms with E-state index in [1.54, 1.807) is 24.4 Å². The molecule has 0 aliphatic heterocycles. The van der Waals surface area contributed by atoms with E-state index in [4.69, 9.17) is 0 Å². The van der Waals surface area contributed by atoms with E-state index in [1.165, 1.54) is 12.5 Å². The van der Waals surface area contributed by atoms with Gasteiger partial charge in [-0.05, 0) is 48.6 Å². The molecule has 1 amide bonds. The van der Waals surface area contributed by atoms with E-state index < -0.39 is 6.55 Å². The van der Waals surface area contributed by atoms with Crippen molar-refractivity contribution in [2.45, 2.75) is 44.6 Å². The van der Waals surface area contributed by atoms with Crippen molar-refractivity contribution in [3.63, 3.8) is 0 Å². The fourth-order valence-corrected chi connectivity index (χ4v) is 3.45. The van der Waals surface area contributed by atoms with Gasteiger partial charge in [-0.3, -0.25) is 9.36 Å². The third-order valence-electron chi connectivity index (χ3n) is 4.57. The van der Waals surface area contributed by atoms with Crippen LogP contribution < -0.4 is 5.32 Å². The monoisotopic (exact) mass is 318 g/mol. The van der Waals surface area contributed by atoms with Gasteiger partial charge >= 0.3 is 6.55 Å². The van der Waals surface area contributed by atoms with Crippen LogP contribution in [-0.4, -0.2) is 10.5 Å². The molecule has 0 bridgehead atoms. The molecule has 23 heavy (non-hydrogen) atoms. The summed E-state index contributed by atoms with van der Waals surface area (Å²) < 4.78 is 27.7. The third-order valence-corrected chi connectivity index (χ3v) is 4.57. The van der Waals surface area contributed by atoms with E-state index in [0.29, 0.717) is 17.1 Å². The summed E-state index contributed by atoms with van der Waals surface area (Å²) >= 11 is 0. The lowest BCUT2D eigenvalue weighted by Gasteiger charge is -2.21. The summed E-state index contributed by atoms with van der Waals surface area (Å²) in [5.74, 6) is 0.00784. The summed E-state index contributed by atoms with van der Waals surface area (Å²) in [6.07, 6.45) is 8.33. The molecule has 1 aromatic heterocycles. The molecule has 1 aliphatic carbocycles. The summed E-state index contributed by atoms with van der Waals surface area (Å²) in [7, 11) is 0. The van der Waals surface area contributed by atoms with Gasteiger partial charge in [-0.1, -0.05) is 25.8 Å². The number of halogens is 2. The lowest BCUT2D eigenvalue weighted by atomic mass is 9.84. The third kappa shape index (κ3) is 3.14. The Bertz CT molecular complexity index is 730. The number of carbonyl (C=O) groups excluding carboxylic acids is 1. The van der Waals surface area contributed by atoms with Crippen LogP contribution in [-0.2, 0) is 4.79 Å². The van der Waals surface area contributed by atoms with Gasteiger partial charge in [0.05, 0.1) is 5.52 Å². The maximum atomic E-state index is 13.3. The van der Waals surface area contributed by atoms with Crippen LogP contribution in [0.2, 0.25) is 0 Å². The highest BCUT2D eigenvalue weighted by molar-refractivity contribution is 6.00. The lowest BCUT2D eigenvalue weighted by molar-refractivity contribution is -0.111. The first-order valence-corrected chi connectivity index (χ1v) is 7.96. The lowest BCUT2D eigenvalue weighted by Crippen LogP contribution is -2.07. The molecule has 5 heteroatoms. The van der Waals surface area contributed by atoms with Crippen molar-refractivity contribution in [2.24, 2.45) is 0 Å². The van der Waals surface area contributed by atoms with Gasteiger partial charge in [0.15, 0.2) is 0 Å². The fraction of sp³-hybridized carbons (Fsp3) is 0.389. The number of fused-ring (bicyclic) bond motifs is 1. The summed E-state index contributed by atoms with van der Waals surface area (Å²) in [6.45, 7) is 0.856. The van der Waals surface area contributed by atoms with Crippen molar-refractivity contribution in [1.82, 2.24) is 4.57 Å². The number of carbonyl (C=O) groups is 1. The maximum absolute atomic E-state index is 13.3. The standard InChI is InChI=1S/C18H20F2N2O/c1-2-17(23)21-13-8-9-16-14(10-13)15(11-22(16)18(19)20)12-6-4-3-5-7-12/h2,8-12,18H,1,3-7H2,(H,21,23). The minimum atomic E-state index is -2.57. The second-order valence-corrected chi connectivity index (χ2v) is 6.03. The van der Waals surface area contributed by atoms with E-state index in [2.05, 4.69) is 11.9 Å². The van der Waals surface area contributed by atoms with Gasteiger partial charge in [0, 0.05) is 17.3 Å². The number of amides is 1. The summed E-state index contributed by atoms with van der Waals surface area (Å²) in [5, 5.41) is 3.50.